The van der Waals surface area contributed by atoms with E-state index in [1.165, 1.54) is 20.1 Å². The van der Waals surface area contributed by atoms with Crippen molar-refractivity contribution in [3.05, 3.63) is 58.4 Å². The lowest BCUT2D eigenvalue weighted by atomic mass is 9.40. The fourth-order valence-corrected chi connectivity index (χ4v) is 14.0. The highest BCUT2D eigenvalue weighted by Crippen LogP contribution is 2.69. The van der Waals surface area contributed by atoms with E-state index in [4.69, 9.17) is 33.2 Å². The monoisotopic (exact) mass is 976 g/mol. The molecule has 0 aromatic heterocycles. The first-order valence-electron chi connectivity index (χ1n) is 23.4. The van der Waals surface area contributed by atoms with Crippen molar-refractivity contribution in [2.24, 2.45) is 44.8 Å². The van der Waals surface area contributed by atoms with Crippen LogP contribution in [-0.4, -0.2) is 118 Å². The highest BCUT2D eigenvalue weighted by atomic mass is 16.6. The van der Waals surface area contributed by atoms with Gasteiger partial charge in [-0.05, 0) is 47.8 Å². The number of hydrogen-bond acceptors (Lipinski definition) is 18. The zero-order valence-corrected chi connectivity index (χ0v) is 42.1. The molecule has 7 aliphatic rings. The van der Waals surface area contributed by atoms with E-state index in [1.54, 1.807) is 65.8 Å². The molecule has 15 atom stereocenters. The summed E-state index contributed by atoms with van der Waals surface area (Å²) < 4.78 is 43.8. The number of ether oxygens (including phenoxy) is 7. The van der Waals surface area contributed by atoms with Crippen molar-refractivity contribution in [2.45, 2.75) is 164 Å². The summed E-state index contributed by atoms with van der Waals surface area (Å²) in [4.78, 5) is 124. The third kappa shape index (κ3) is 7.19. The molecular formula is C52H64O18. The smallest absolute Gasteiger partial charge is 0.303 e. The average Bonchev–Trinajstić information content (AvgIpc) is 3.22. The van der Waals surface area contributed by atoms with E-state index < -0.39 is 159 Å². The Kier molecular flexibility index (Phi) is 12.6. The molecule has 0 radical (unpaired) electrons. The Morgan fingerprint density at radius 1 is 0.586 bits per heavy atom. The van der Waals surface area contributed by atoms with Gasteiger partial charge in [-0.25, -0.2) is 0 Å². The van der Waals surface area contributed by atoms with E-state index in [1.807, 2.05) is 0 Å². The second-order valence-corrected chi connectivity index (χ2v) is 21.7. The molecule has 7 rings (SSSR count). The van der Waals surface area contributed by atoms with Crippen LogP contribution >= 0.6 is 0 Å². The van der Waals surface area contributed by atoms with Crippen LogP contribution in [-0.2, 0) is 76.3 Å². The van der Waals surface area contributed by atoms with Crippen molar-refractivity contribution in [3.63, 3.8) is 0 Å². The van der Waals surface area contributed by atoms with Gasteiger partial charge in [0, 0.05) is 93.8 Å². The van der Waals surface area contributed by atoms with Crippen LogP contribution in [0.15, 0.2) is 58.4 Å². The Morgan fingerprint density at radius 2 is 0.971 bits per heavy atom. The number of allylic oxidation sites excluding steroid dienone is 3. The molecule has 2 saturated carbocycles. The van der Waals surface area contributed by atoms with E-state index in [9.17, 15) is 48.6 Å². The Morgan fingerprint density at radius 3 is 1.40 bits per heavy atom. The minimum atomic E-state index is -2.41. The summed E-state index contributed by atoms with van der Waals surface area (Å²) in [5.74, 6) is -10.7. The van der Waals surface area contributed by atoms with Crippen LogP contribution in [0.3, 0.4) is 0 Å². The van der Waals surface area contributed by atoms with Crippen LogP contribution in [0.1, 0.15) is 110 Å². The lowest BCUT2D eigenvalue weighted by Gasteiger charge is -2.66. The zero-order chi connectivity index (χ0) is 52.4. The highest BCUT2D eigenvalue weighted by Gasteiger charge is 2.77. The molecule has 1 aliphatic heterocycles. The molecule has 2 unspecified atom stereocenters. The van der Waals surface area contributed by atoms with Gasteiger partial charge in [-0.15, -0.1) is 0 Å². The number of fused-ring (bicyclic) bond motifs is 11. The molecule has 0 aromatic rings. The van der Waals surface area contributed by atoms with Crippen LogP contribution in [0.5, 0.6) is 0 Å². The summed E-state index contributed by atoms with van der Waals surface area (Å²) >= 11 is 0. The highest BCUT2D eigenvalue weighted by molar-refractivity contribution is 5.99. The third-order valence-corrected chi connectivity index (χ3v) is 17.1. The molecule has 380 valence electrons. The van der Waals surface area contributed by atoms with Gasteiger partial charge in [-0.1, -0.05) is 59.8 Å². The lowest BCUT2D eigenvalue weighted by molar-refractivity contribution is -0.255. The number of carbonyl (C=O) groups is 9. The maximum Gasteiger partial charge on any atom is 0.303 e. The van der Waals surface area contributed by atoms with Crippen molar-refractivity contribution >= 4 is 53.7 Å². The summed E-state index contributed by atoms with van der Waals surface area (Å²) in [6.45, 7) is 19.3. The van der Waals surface area contributed by atoms with E-state index in [-0.39, 0.29) is 27.9 Å². The maximum atomic E-state index is 15.1. The van der Waals surface area contributed by atoms with Crippen LogP contribution in [0.2, 0.25) is 0 Å². The van der Waals surface area contributed by atoms with Gasteiger partial charge < -0.3 is 48.2 Å². The van der Waals surface area contributed by atoms with Crippen LogP contribution in [0.25, 0.3) is 0 Å². The van der Waals surface area contributed by atoms with Gasteiger partial charge in [0.2, 0.25) is 0 Å². The van der Waals surface area contributed by atoms with Crippen molar-refractivity contribution in [2.75, 3.05) is 0 Å². The van der Waals surface area contributed by atoms with E-state index in [0.29, 0.717) is 6.29 Å². The topological polar surface area (TPSA) is 259 Å². The minimum Gasteiger partial charge on any atom is -0.493 e. The van der Waals surface area contributed by atoms with Gasteiger partial charge in [-0.2, -0.15) is 0 Å². The Labute approximate surface area is 406 Å². The molecule has 6 aliphatic carbocycles. The van der Waals surface area contributed by atoms with Gasteiger partial charge in [0.15, 0.2) is 36.0 Å². The standard InChI is InChI=1S/C52H64O18/c1-23-33(60)19-51(62)42(67-27(5)56)38-31-21-64-35-16-18-49(14)41(50(35,22-53)32(31)15-17-48(38,13)43(68-28(6)57)39(65-25(3)54)36(23)46(51,9)10)45(70-30(8)59)52(63)20-34(61)24(2)37(47(52,11)12)40(66-26(4)55)44(49)69-29(7)58/h15-18,21-22,32,35,38-45,62-63H,19-20H2,1-14H3/t32?,35?,38-,39+,40+,41-,42-,43-,44-,45-,48+,49+,50-,51+,52+/m0/s1. The minimum absolute atomic E-state index is 0.0909. The molecule has 4 bridgehead atoms. The summed E-state index contributed by atoms with van der Waals surface area (Å²) in [6, 6.07) is 0. The fraction of sp³-hybridized carbons (Fsp3) is 0.635. The number of carbonyl (C=O) groups excluding carboxylic acids is 9. The van der Waals surface area contributed by atoms with Crippen molar-refractivity contribution < 1.29 is 86.5 Å². The number of Topliss-reactive ketones (excluding diaryl/α,β-unsaturated/α-hetero) is 2. The first kappa shape index (κ1) is 52.1. The molecular weight excluding hydrogens is 913 g/mol. The van der Waals surface area contributed by atoms with Gasteiger partial charge >= 0.3 is 35.8 Å². The number of hydrogen-bond donors (Lipinski definition) is 2. The van der Waals surface area contributed by atoms with Crippen molar-refractivity contribution in [1.29, 1.82) is 0 Å². The second-order valence-electron chi connectivity index (χ2n) is 21.7. The summed E-state index contributed by atoms with van der Waals surface area (Å²) in [5.41, 5.74) is -13.1. The average molecular weight is 977 g/mol. The number of esters is 6. The van der Waals surface area contributed by atoms with Gasteiger partial charge in [0.05, 0.1) is 11.7 Å². The summed E-state index contributed by atoms with van der Waals surface area (Å²) in [6.07, 6.45) is -4.18. The number of ketones is 2. The van der Waals surface area contributed by atoms with E-state index >= 15 is 4.79 Å². The molecule has 0 aromatic carbocycles. The summed E-state index contributed by atoms with van der Waals surface area (Å²) in [7, 11) is 0. The first-order valence-corrected chi connectivity index (χ1v) is 23.4. The second kappa shape index (κ2) is 16.9. The van der Waals surface area contributed by atoms with Crippen LogP contribution < -0.4 is 0 Å². The predicted octanol–water partition coefficient (Wildman–Crippen LogP) is 4.17. The zero-order valence-electron chi connectivity index (χ0n) is 42.1. The molecule has 0 spiro atoms. The van der Waals surface area contributed by atoms with Crippen molar-refractivity contribution in [3.8, 4) is 0 Å². The first-order chi connectivity index (χ1) is 32.2. The number of aldehydes is 1. The normalized spacial score (nSPS) is 40.8. The van der Waals surface area contributed by atoms with Crippen LogP contribution in [0, 0.1) is 44.8 Å². The predicted molar refractivity (Wildman–Crippen MR) is 242 cm³/mol. The summed E-state index contributed by atoms with van der Waals surface area (Å²) in [5, 5.41) is 27.1. The largest absolute Gasteiger partial charge is 0.493 e. The molecule has 2 N–H and O–H groups in total. The van der Waals surface area contributed by atoms with E-state index in [0.717, 1.165) is 41.5 Å². The Balaban J connectivity index is 1.63. The number of rotatable bonds is 7. The van der Waals surface area contributed by atoms with E-state index in [2.05, 4.69) is 0 Å². The molecule has 70 heavy (non-hydrogen) atoms. The van der Waals surface area contributed by atoms with Crippen LogP contribution in [0.4, 0.5) is 0 Å². The maximum absolute atomic E-state index is 15.1. The number of aliphatic hydroxyl groups is 2. The van der Waals surface area contributed by atoms with Gasteiger partial charge in [0.1, 0.15) is 35.8 Å². The fourth-order valence-electron chi connectivity index (χ4n) is 14.0. The molecule has 2 fully saturated rings. The lowest BCUT2D eigenvalue weighted by Crippen LogP contribution is -2.75. The molecule has 1 heterocycles. The third-order valence-electron chi connectivity index (χ3n) is 17.1. The molecule has 0 saturated heterocycles. The van der Waals surface area contributed by atoms with Gasteiger partial charge in [-0.3, -0.25) is 38.4 Å². The Hall–Kier alpha value is -5.75. The molecule has 18 nitrogen and oxygen atoms in total. The van der Waals surface area contributed by atoms with Gasteiger partial charge in [0.25, 0.3) is 0 Å². The van der Waals surface area contributed by atoms with Crippen molar-refractivity contribution in [1.82, 2.24) is 0 Å². The quantitative estimate of drug-likeness (QED) is 0.157. The Bertz CT molecular complexity index is 2540. The SMILES string of the molecule is CC(=O)O[C@@H]1C2=C(C)C(=O)C[C@@](O)([C@@H](OC(C)=O)[C@@H]3C4=COC5C=C[C@]6(C)[C@H]([C@H](OC(C)=O)[C@]7(O)CC(=O)C(C)=C([C@@H](OC(C)=O)[C@@H]6OC(C)=O)C7(C)C)[C@@]5(C=O)C4C=C[C@@]3(C)[C@H]1OC(C)=O)C2(C)C. The molecule has 18 heteroatoms. The molecule has 0 amide bonds.